The van der Waals surface area contributed by atoms with Crippen LogP contribution in [0.1, 0.15) is 28.0 Å². The third-order valence-electron chi connectivity index (χ3n) is 2.24. The molecule has 2 rings (SSSR count). The van der Waals surface area contributed by atoms with E-state index in [1.54, 1.807) is 19.1 Å². The topological polar surface area (TPSA) is 109 Å². The van der Waals surface area contributed by atoms with Gasteiger partial charge in [0.25, 0.3) is 0 Å². The fourth-order valence-electron chi connectivity index (χ4n) is 1.28. The summed E-state index contributed by atoms with van der Waals surface area (Å²) in [6.45, 7) is 1.60. The summed E-state index contributed by atoms with van der Waals surface area (Å²) in [6.07, 6.45) is 4.05. The van der Waals surface area contributed by atoms with E-state index < -0.39 is 11.8 Å². The molecular weight excluding hydrogens is 276 g/mol. The molecule has 0 saturated carbocycles. The molecule has 0 fully saturated rings. The van der Waals surface area contributed by atoms with Crippen LogP contribution < -0.4 is 10.9 Å². The van der Waals surface area contributed by atoms with E-state index in [2.05, 4.69) is 21.1 Å². The smallest absolute Gasteiger partial charge is 0.307 e. The summed E-state index contributed by atoms with van der Waals surface area (Å²) in [6, 6.07) is 6.21. The Morgan fingerprint density at radius 3 is 2.14 bits per heavy atom. The van der Waals surface area contributed by atoms with Gasteiger partial charge in [-0.15, -0.1) is 0 Å². The van der Waals surface area contributed by atoms with Crippen LogP contribution in [-0.4, -0.2) is 23.7 Å². The van der Waals surface area contributed by atoms with Gasteiger partial charge < -0.3 is 8.83 Å². The summed E-state index contributed by atoms with van der Waals surface area (Å²) in [4.78, 5) is 23.0. The van der Waals surface area contributed by atoms with Gasteiger partial charge in [-0.05, 0) is 31.2 Å². The van der Waals surface area contributed by atoms with Crippen molar-refractivity contribution in [2.45, 2.75) is 6.92 Å². The molecule has 0 radical (unpaired) electrons. The molecule has 0 aromatic carbocycles. The number of carbonyl (C=O) groups is 2. The molecule has 0 aliphatic heterocycles. The van der Waals surface area contributed by atoms with Gasteiger partial charge in [-0.25, -0.2) is 10.9 Å². The summed E-state index contributed by atoms with van der Waals surface area (Å²) in [5, 5.41) is 7.45. The van der Waals surface area contributed by atoms with Crippen LogP contribution in [0.15, 0.2) is 55.8 Å². The maximum atomic E-state index is 11.5. The van der Waals surface area contributed by atoms with Crippen LogP contribution in [0.2, 0.25) is 0 Å². The Hall–Kier alpha value is -3.16. The van der Waals surface area contributed by atoms with Gasteiger partial charge in [-0.3, -0.25) is 9.59 Å². The second kappa shape index (κ2) is 6.85. The lowest BCUT2D eigenvalue weighted by Crippen LogP contribution is -2.20. The van der Waals surface area contributed by atoms with Gasteiger partial charge in [0.2, 0.25) is 0 Å². The van der Waals surface area contributed by atoms with E-state index in [0.29, 0.717) is 5.71 Å². The van der Waals surface area contributed by atoms with Crippen molar-refractivity contribution in [3.63, 3.8) is 0 Å². The normalized spacial score (nSPS) is 11.6. The predicted molar refractivity (Wildman–Crippen MR) is 73.9 cm³/mol. The van der Waals surface area contributed by atoms with E-state index in [0.717, 1.165) is 0 Å². The third kappa shape index (κ3) is 4.16. The highest BCUT2D eigenvalue weighted by molar-refractivity contribution is 6.29. The molecule has 0 atom stereocenters. The molecule has 0 aliphatic carbocycles. The molecule has 2 heterocycles. The fourth-order valence-corrected chi connectivity index (χ4v) is 1.28. The summed E-state index contributed by atoms with van der Waals surface area (Å²) in [5.41, 5.74) is 4.92. The predicted octanol–water partition coefficient (Wildman–Crippen LogP) is 1.39. The number of carbonyl (C=O) groups excluding carboxylic acids is 2. The van der Waals surface area contributed by atoms with Gasteiger partial charge in [0.15, 0.2) is 11.5 Å². The van der Waals surface area contributed by atoms with Crippen LogP contribution in [0.25, 0.3) is 0 Å². The van der Waals surface area contributed by atoms with E-state index in [-0.39, 0.29) is 11.5 Å². The molecule has 2 aromatic heterocycles. The van der Waals surface area contributed by atoms with Crippen molar-refractivity contribution in [2.75, 3.05) is 0 Å². The standard InChI is InChI=1S/C13H12N4O4/c1-9(15-17-13(19)11-5-3-7-21-11)8-14-16-12(18)10-4-2-6-20-10/h2-8H,1H3,(H,16,18)(H,17,19)/b14-8+,15-9+. The zero-order chi connectivity index (χ0) is 15.1. The lowest BCUT2D eigenvalue weighted by molar-refractivity contribution is 0.0919. The summed E-state index contributed by atoms with van der Waals surface area (Å²) in [5.74, 6) is -0.668. The minimum Gasteiger partial charge on any atom is -0.459 e. The number of amides is 2. The fraction of sp³-hybridized carbons (Fsp3) is 0.0769. The molecule has 2 N–H and O–H groups in total. The van der Waals surface area contributed by atoms with Crippen molar-refractivity contribution in [3.05, 3.63) is 48.3 Å². The van der Waals surface area contributed by atoms with Crippen LogP contribution >= 0.6 is 0 Å². The molecule has 0 aliphatic rings. The van der Waals surface area contributed by atoms with Crippen LogP contribution in [-0.2, 0) is 0 Å². The van der Waals surface area contributed by atoms with Gasteiger partial charge in [0, 0.05) is 0 Å². The number of hydrogen-bond acceptors (Lipinski definition) is 6. The molecule has 0 unspecified atom stereocenters. The van der Waals surface area contributed by atoms with Crippen LogP contribution in [0.4, 0.5) is 0 Å². The zero-order valence-corrected chi connectivity index (χ0v) is 11.1. The molecule has 2 amide bonds. The van der Waals surface area contributed by atoms with Crippen molar-refractivity contribution in [1.29, 1.82) is 0 Å². The Kier molecular flexibility index (Phi) is 4.65. The molecule has 21 heavy (non-hydrogen) atoms. The van der Waals surface area contributed by atoms with Gasteiger partial charge in [0.1, 0.15) is 0 Å². The first-order valence-electron chi connectivity index (χ1n) is 5.92. The van der Waals surface area contributed by atoms with Crippen molar-refractivity contribution in [3.8, 4) is 0 Å². The minimum absolute atomic E-state index is 0.146. The maximum absolute atomic E-state index is 11.5. The Balaban J connectivity index is 1.82. The Morgan fingerprint density at radius 1 is 1.05 bits per heavy atom. The Labute approximate surface area is 119 Å². The van der Waals surface area contributed by atoms with Gasteiger partial charge in [-0.1, -0.05) is 0 Å². The largest absolute Gasteiger partial charge is 0.459 e. The average molecular weight is 288 g/mol. The third-order valence-corrected chi connectivity index (χ3v) is 2.24. The number of rotatable bonds is 5. The Morgan fingerprint density at radius 2 is 1.62 bits per heavy atom. The van der Waals surface area contributed by atoms with E-state index in [1.807, 2.05) is 0 Å². The van der Waals surface area contributed by atoms with E-state index in [9.17, 15) is 9.59 Å². The van der Waals surface area contributed by atoms with Crippen molar-refractivity contribution < 1.29 is 18.4 Å². The first-order valence-corrected chi connectivity index (χ1v) is 5.92. The van der Waals surface area contributed by atoms with Gasteiger partial charge in [0.05, 0.1) is 24.5 Å². The molecule has 108 valence electrons. The first kappa shape index (κ1) is 14.3. The molecule has 0 bridgehead atoms. The lowest BCUT2D eigenvalue weighted by atomic mass is 10.4. The molecule has 0 spiro atoms. The average Bonchev–Trinajstić information content (AvgIpc) is 3.16. The van der Waals surface area contributed by atoms with Crippen LogP contribution in [0.5, 0.6) is 0 Å². The lowest BCUT2D eigenvalue weighted by Gasteiger charge is -1.97. The highest BCUT2D eigenvalue weighted by Crippen LogP contribution is 1.99. The highest BCUT2D eigenvalue weighted by atomic mass is 16.3. The number of hydrazone groups is 2. The molecule has 2 aromatic rings. The van der Waals surface area contributed by atoms with Crippen LogP contribution in [0, 0.1) is 0 Å². The number of hydrogen-bond donors (Lipinski definition) is 2. The summed E-state index contributed by atoms with van der Waals surface area (Å²) in [7, 11) is 0. The second-order valence-electron chi connectivity index (χ2n) is 3.85. The highest BCUT2D eigenvalue weighted by Gasteiger charge is 2.07. The second-order valence-corrected chi connectivity index (χ2v) is 3.85. The Bertz CT molecular complexity index is 656. The number of furan rings is 2. The van der Waals surface area contributed by atoms with Gasteiger partial charge >= 0.3 is 11.8 Å². The molecular formula is C13H12N4O4. The summed E-state index contributed by atoms with van der Waals surface area (Å²) < 4.78 is 9.79. The van der Waals surface area contributed by atoms with Crippen molar-refractivity contribution in [2.24, 2.45) is 10.2 Å². The SMILES string of the molecule is CC(/C=N/NC(=O)c1ccco1)=N\NC(=O)c1ccco1. The maximum Gasteiger partial charge on any atom is 0.307 e. The number of nitrogens with zero attached hydrogens (tertiary/aromatic N) is 2. The van der Waals surface area contributed by atoms with Crippen molar-refractivity contribution in [1.82, 2.24) is 10.9 Å². The monoisotopic (exact) mass is 288 g/mol. The van der Waals surface area contributed by atoms with E-state index in [1.165, 1.54) is 30.9 Å². The quantitative estimate of drug-likeness (QED) is 0.640. The first-order chi connectivity index (χ1) is 10.2. The minimum atomic E-state index is -0.483. The van der Waals surface area contributed by atoms with Crippen LogP contribution in [0.3, 0.4) is 0 Å². The van der Waals surface area contributed by atoms with E-state index in [4.69, 9.17) is 8.83 Å². The number of nitrogens with one attached hydrogen (secondary N) is 2. The molecule has 8 nitrogen and oxygen atoms in total. The zero-order valence-electron chi connectivity index (χ0n) is 11.1. The summed E-state index contributed by atoms with van der Waals surface area (Å²) >= 11 is 0. The van der Waals surface area contributed by atoms with E-state index >= 15 is 0 Å². The van der Waals surface area contributed by atoms with Gasteiger partial charge in [-0.2, -0.15) is 10.2 Å². The van der Waals surface area contributed by atoms with Crippen molar-refractivity contribution >= 4 is 23.7 Å². The molecule has 8 heteroatoms. The molecule has 0 saturated heterocycles.